The van der Waals surface area contributed by atoms with Gasteiger partial charge in [-0.05, 0) is 6.42 Å². The van der Waals surface area contributed by atoms with Crippen LogP contribution in [-0.4, -0.2) is 46.5 Å². The molecular weight excluding hydrogens is 309 g/mol. The van der Waals surface area contributed by atoms with Crippen molar-refractivity contribution in [3.8, 4) is 0 Å². The molecule has 1 aromatic rings. The second-order valence-electron chi connectivity index (χ2n) is 5.10. The third-order valence-corrected chi connectivity index (χ3v) is 3.95. The molecule has 0 radical (unpaired) electrons. The summed E-state index contributed by atoms with van der Waals surface area (Å²) < 4.78 is 38.2. The Morgan fingerprint density at radius 2 is 2.05 bits per heavy atom. The minimum atomic E-state index is -4.63. The summed E-state index contributed by atoms with van der Waals surface area (Å²) in [5, 5.41) is -0.239. The largest absolute Gasteiger partial charge is 0.451 e. The van der Waals surface area contributed by atoms with E-state index >= 15 is 0 Å². The minimum absolute atomic E-state index is 0.0364. The molecule has 2 fully saturated rings. The van der Waals surface area contributed by atoms with Gasteiger partial charge >= 0.3 is 6.18 Å². The topological polar surface area (TPSA) is 49.3 Å². The zero-order valence-electron chi connectivity index (χ0n) is 10.9. The number of aromatic nitrogens is 2. The number of amides is 1. The van der Waals surface area contributed by atoms with Crippen molar-refractivity contribution < 1.29 is 18.0 Å². The Bertz CT molecular complexity index is 580. The van der Waals surface area contributed by atoms with E-state index in [4.69, 9.17) is 11.6 Å². The van der Waals surface area contributed by atoms with Crippen molar-refractivity contribution in [3.63, 3.8) is 0 Å². The van der Waals surface area contributed by atoms with E-state index in [1.165, 1.54) is 6.07 Å². The highest BCUT2D eigenvalue weighted by Crippen LogP contribution is 2.31. The van der Waals surface area contributed by atoms with E-state index in [0.717, 1.165) is 6.42 Å². The van der Waals surface area contributed by atoms with Gasteiger partial charge in [0.1, 0.15) is 11.0 Å². The lowest BCUT2D eigenvalue weighted by molar-refractivity contribution is -0.144. The zero-order valence-corrected chi connectivity index (χ0v) is 11.7. The molecule has 0 N–H and O–H groups in total. The Labute approximate surface area is 123 Å². The molecule has 21 heavy (non-hydrogen) atoms. The molecule has 114 valence electrons. The van der Waals surface area contributed by atoms with Crippen molar-refractivity contribution >= 4 is 23.3 Å². The standard InChI is InChI=1S/C12H12ClF3N4O/c13-8-5-9(18-11(17-8)12(14,15)16)19-3-4-20-7(6-19)1-2-10(20)21/h5,7H,1-4,6H2. The lowest BCUT2D eigenvalue weighted by Gasteiger charge is -2.38. The molecule has 0 saturated carbocycles. The molecule has 2 aliphatic heterocycles. The van der Waals surface area contributed by atoms with E-state index in [1.807, 2.05) is 0 Å². The summed E-state index contributed by atoms with van der Waals surface area (Å²) >= 11 is 5.67. The zero-order chi connectivity index (χ0) is 15.2. The van der Waals surface area contributed by atoms with Crippen LogP contribution in [0, 0.1) is 0 Å². The molecule has 9 heteroatoms. The van der Waals surface area contributed by atoms with Gasteiger partial charge in [0.25, 0.3) is 0 Å². The fraction of sp³-hybridized carbons (Fsp3) is 0.583. The Kier molecular flexibility index (Phi) is 3.43. The summed E-state index contributed by atoms with van der Waals surface area (Å²) in [4.78, 5) is 21.9. The highest BCUT2D eigenvalue weighted by molar-refractivity contribution is 6.29. The summed E-state index contributed by atoms with van der Waals surface area (Å²) in [6, 6.07) is 1.36. The molecule has 1 unspecified atom stereocenters. The molecule has 5 nitrogen and oxygen atoms in total. The summed E-state index contributed by atoms with van der Waals surface area (Å²) in [6.07, 6.45) is -3.41. The molecule has 0 bridgehead atoms. The number of fused-ring (bicyclic) bond motifs is 1. The third-order valence-electron chi connectivity index (χ3n) is 3.75. The molecule has 3 heterocycles. The van der Waals surface area contributed by atoms with E-state index < -0.39 is 12.0 Å². The van der Waals surface area contributed by atoms with Crippen LogP contribution in [0.3, 0.4) is 0 Å². The number of halogens is 4. The van der Waals surface area contributed by atoms with E-state index in [2.05, 4.69) is 9.97 Å². The van der Waals surface area contributed by atoms with Crippen molar-refractivity contribution in [2.45, 2.75) is 25.1 Å². The van der Waals surface area contributed by atoms with Gasteiger partial charge in [-0.3, -0.25) is 4.79 Å². The Hall–Kier alpha value is -1.57. The first-order chi connectivity index (χ1) is 9.84. The Morgan fingerprint density at radius 1 is 1.29 bits per heavy atom. The van der Waals surface area contributed by atoms with E-state index in [0.29, 0.717) is 26.1 Å². The number of piperazine rings is 1. The van der Waals surface area contributed by atoms with Crippen LogP contribution in [0.1, 0.15) is 18.7 Å². The fourth-order valence-corrected chi connectivity index (χ4v) is 2.94. The van der Waals surface area contributed by atoms with Gasteiger partial charge in [0.2, 0.25) is 11.7 Å². The molecular formula is C12H12ClF3N4O. The van der Waals surface area contributed by atoms with Crippen LogP contribution in [0.2, 0.25) is 5.15 Å². The highest BCUT2D eigenvalue weighted by Gasteiger charge is 2.38. The Morgan fingerprint density at radius 3 is 2.76 bits per heavy atom. The van der Waals surface area contributed by atoms with Gasteiger partial charge in [0.05, 0.1) is 0 Å². The van der Waals surface area contributed by atoms with Crippen LogP contribution in [0.4, 0.5) is 19.0 Å². The van der Waals surface area contributed by atoms with E-state index in [-0.39, 0.29) is 22.9 Å². The van der Waals surface area contributed by atoms with Crippen molar-refractivity contribution in [1.82, 2.24) is 14.9 Å². The first-order valence-corrected chi connectivity index (χ1v) is 6.88. The number of carbonyl (C=O) groups is 1. The van der Waals surface area contributed by atoms with Gasteiger partial charge in [0, 0.05) is 38.2 Å². The molecule has 3 rings (SSSR count). The number of hydrogen-bond donors (Lipinski definition) is 0. The van der Waals surface area contributed by atoms with Crippen LogP contribution in [0.25, 0.3) is 0 Å². The van der Waals surface area contributed by atoms with Crippen molar-refractivity contribution in [1.29, 1.82) is 0 Å². The average Bonchev–Trinajstić information content (AvgIpc) is 2.78. The lowest BCUT2D eigenvalue weighted by Crippen LogP contribution is -2.51. The first-order valence-electron chi connectivity index (χ1n) is 6.51. The maximum Gasteiger partial charge on any atom is 0.451 e. The van der Waals surface area contributed by atoms with E-state index in [1.54, 1.807) is 9.80 Å². The van der Waals surface area contributed by atoms with Gasteiger partial charge < -0.3 is 9.80 Å². The van der Waals surface area contributed by atoms with Crippen LogP contribution in [-0.2, 0) is 11.0 Å². The molecule has 1 atom stereocenters. The molecule has 0 spiro atoms. The van der Waals surface area contributed by atoms with Gasteiger partial charge in [0.15, 0.2) is 0 Å². The summed E-state index contributed by atoms with van der Waals surface area (Å²) in [7, 11) is 0. The predicted octanol–water partition coefficient (Wildman–Crippen LogP) is 1.96. The van der Waals surface area contributed by atoms with Gasteiger partial charge in [-0.2, -0.15) is 13.2 Å². The summed E-state index contributed by atoms with van der Waals surface area (Å²) in [5.41, 5.74) is 0. The van der Waals surface area contributed by atoms with Crippen molar-refractivity contribution in [3.05, 3.63) is 17.0 Å². The SMILES string of the molecule is O=C1CCC2CN(c3cc(Cl)nc(C(F)(F)F)n3)CCN12. The maximum atomic E-state index is 12.7. The molecule has 2 aliphatic rings. The van der Waals surface area contributed by atoms with Crippen LogP contribution in [0.5, 0.6) is 0 Å². The number of nitrogens with zero attached hydrogens (tertiary/aromatic N) is 4. The molecule has 0 aliphatic carbocycles. The summed E-state index contributed by atoms with van der Waals surface area (Å²) in [6.45, 7) is 1.40. The minimum Gasteiger partial charge on any atom is -0.353 e. The predicted molar refractivity (Wildman–Crippen MR) is 69.0 cm³/mol. The third kappa shape index (κ3) is 2.76. The molecule has 1 amide bonds. The molecule has 2 saturated heterocycles. The maximum absolute atomic E-state index is 12.7. The molecule has 1 aromatic heterocycles. The van der Waals surface area contributed by atoms with Crippen molar-refractivity contribution in [2.75, 3.05) is 24.5 Å². The van der Waals surface area contributed by atoms with Crippen molar-refractivity contribution in [2.24, 2.45) is 0 Å². The van der Waals surface area contributed by atoms with E-state index in [9.17, 15) is 18.0 Å². The lowest BCUT2D eigenvalue weighted by atomic mass is 10.1. The fourth-order valence-electron chi connectivity index (χ4n) is 2.77. The van der Waals surface area contributed by atoms with Gasteiger partial charge in [-0.15, -0.1) is 0 Å². The number of rotatable bonds is 1. The second kappa shape index (κ2) is 5.01. The molecule has 0 aromatic carbocycles. The smallest absolute Gasteiger partial charge is 0.353 e. The van der Waals surface area contributed by atoms with Crippen LogP contribution < -0.4 is 4.90 Å². The van der Waals surface area contributed by atoms with Crippen LogP contribution in [0.15, 0.2) is 6.07 Å². The number of carbonyl (C=O) groups excluding carboxylic acids is 1. The number of alkyl halides is 3. The van der Waals surface area contributed by atoms with Gasteiger partial charge in [-0.25, -0.2) is 9.97 Å². The highest BCUT2D eigenvalue weighted by atomic mass is 35.5. The number of anilines is 1. The van der Waals surface area contributed by atoms with Crippen LogP contribution >= 0.6 is 11.6 Å². The monoisotopic (exact) mass is 320 g/mol. The average molecular weight is 321 g/mol. The normalized spacial score (nSPS) is 22.7. The quantitative estimate of drug-likeness (QED) is 0.742. The van der Waals surface area contributed by atoms with Gasteiger partial charge in [-0.1, -0.05) is 11.6 Å². The second-order valence-corrected chi connectivity index (χ2v) is 5.48. The first kappa shape index (κ1) is 14.4. The number of hydrogen-bond acceptors (Lipinski definition) is 4. The Balaban J connectivity index is 1.84. The summed E-state index contributed by atoms with van der Waals surface area (Å²) in [5.74, 6) is -0.979.